The van der Waals surface area contributed by atoms with Crippen molar-refractivity contribution in [2.24, 2.45) is 5.92 Å². The molecular formula is C12H21N3O. The van der Waals surface area contributed by atoms with Crippen LogP contribution in [0.25, 0.3) is 0 Å². The summed E-state index contributed by atoms with van der Waals surface area (Å²) >= 11 is 0. The van der Waals surface area contributed by atoms with E-state index < -0.39 is 0 Å². The molecule has 0 aromatic heterocycles. The molecule has 0 radical (unpaired) electrons. The molecule has 1 fully saturated rings. The van der Waals surface area contributed by atoms with E-state index in [0.29, 0.717) is 12.6 Å². The van der Waals surface area contributed by atoms with Gasteiger partial charge in [-0.2, -0.15) is 5.26 Å². The minimum absolute atomic E-state index is 0.00690. The van der Waals surface area contributed by atoms with E-state index in [1.165, 1.54) is 0 Å². The summed E-state index contributed by atoms with van der Waals surface area (Å²) in [6.45, 7) is 4.49. The third-order valence-electron chi connectivity index (χ3n) is 3.25. The number of nitrogens with one attached hydrogen (secondary N) is 2. The predicted octanol–water partition coefficient (Wildman–Crippen LogP) is 1.18. The maximum absolute atomic E-state index is 11.6. The van der Waals surface area contributed by atoms with Crippen molar-refractivity contribution in [3.05, 3.63) is 0 Å². The smallest absolute Gasteiger partial charge is 0.234 e. The quantitative estimate of drug-likeness (QED) is 0.735. The molecule has 90 valence electrons. The number of nitrogens with zero attached hydrogens (tertiary/aromatic N) is 1. The maximum atomic E-state index is 11.6. The summed E-state index contributed by atoms with van der Waals surface area (Å²) in [4.78, 5) is 11.6. The fraction of sp³-hybridized carbons (Fsp3) is 0.833. The largest absolute Gasteiger partial charge is 0.351 e. The van der Waals surface area contributed by atoms with Gasteiger partial charge in [0.1, 0.15) is 0 Å². The fourth-order valence-electron chi connectivity index (χ4n) is 1.96. The molecule has 2 N–H and O–H groups in total. The van der Waals surface area contributed by atoms with Crippen LogP contribution in [-0.2, 0) is 4.79 Å². The van der Waals surface area contributed by atoms with Gasteiger partial charge in [-0.1, -0.05) is 6.92 Å². The van der Waals surface area contributed by atoms with E-state index in [0.717, 1.165) is 25.7 Å². The third kappa shape index (κ3) is 3.82. The zero-order chi connectivity index (χ0) is 12.0. The summed E-state index contributed by atoms with van der Waals surface area (Å²) in [5.74, 6) is 0.0139. The molecule has 1 rings (SSSR count). The number of rotatable bonds is 5. The molecule has 16 heavy (non-hydrogen) atoms. The lowest BCUT2D eigenvalue weighted by Gasteiger charge is -2.17. The van der Waals surface area contributed by atoms with E-state index in [-0.39, 0.29) is 17.9 Å². The van der Waals surface area contributed by atoms with E-state index in [2.05, 4.69) is 30.6 Å². The van der Waals surface area contributed by atoms with Crippen molar-refractivity contribution >= 4 is 5.91 Å². The van der Waals surface area contributed by atoms with Crippen LogP contribution in [0.15, 0.2) is 0 Å². The van der Waals surface area contributed by atoms with Gasteiger partial charge in [0.25, 0.3) is 0 Å². The summed E-state index contributed by atoms with van der Waals surface area (Å²) in [6, 6.07) is 2.69. The van der Waals surface area contributed by atoms with Gasteiger partial charge in [-0.3, -0.25) is 4.79 Å². The van der Waals surface area contributed by atoms with Gasteiger partial charge in [0.05, 0.1) is 18.5 Å². The van der Waals surface area contributed by atoms with Crippen molar-refractivity contribution < 1.29 is 4.79 Å². The first-order valence-electron chi connectivity index (χ1n) is 6.09. The van der Waals surface area contributed by atoms with E-state index in [1.807, 2.05) is 0 Å². The van der Waals surface area contributed by atoms with Crippen LogP contribution >= 0.6 is 0 Å². The lowest BCUT2D eigenvalue weighted by atomic mass is 10.1. The Bertz CT molecular complexity index is 272. The van der Waals surface area contributed by atoms with Gasteiger partial charge in [0.15, 0.2) is 0 Å². The Morgan fingerprint density at radius 3 is 2.94 bits per heavy atom. The second-order valence-corrected chi connectivity index (χ2v) is 4.53. The third-order valence-corrected chi connectivity index (χ3v) is 3.25. The van der Waals surface area contributed by atoms with Crippen LogP contribution < -0.4 is 10.6 Å². The normalized spacial score (nSPS) is 26.1. The first-order valence-corrected chi connectivity index (χ1v) is 6.09. The van der Waals surface area contributed by atoms with Crippen LogP contribution in [0.4, 0.5) is 0 Å². The number of hydrogen-bond donors (Lipinski definition) is 2. The second-order valence-electron chi connectivity index (χ2n) is 4.53. The molecule has 0 spiro atoms. The Kier molecular flexibility index (Phi) is 5.27. The van der Waals surface area contributed by atoms with Gasteiger partial charge in [-0.25, -0.2) is 0 Å². The topological polar surface area (TPSA) is 64.9 Å². The molecule has 0 aliphatic heterocycles. The Hall–Kier alpha value is -1.08. The molecule has 1 saturated carbocycles. The van der Waals surface area contributed by atoms with Crippen molar-refractivity contribution in [1.29, 1.82) is 5.26 Å². The summed E-state index contributed by atoms with van der Waals surface area (Å²) < 4.78 is 0. The SMILES string of the molecule is CCC(C)NCC(=O)NC1CCCC1C#N. The van der Waals surface area contributed by atoms with Crippen LogP contribution in [0.5, 0.6) is 0 Å². The Labute approximate surface area is 97.4 Å². The highest BCUT2D eigenvalue weighted by molar-refractivity contribution is 5.78. The van der Waals surface area contributed by atoms with Crippen LogP contribution in [0.2, 0.25) is 0 Å². The Morgan fingerprint density at radius 2 is 2.31 bits per heavy atom. The van der Waals surface area contributed by atoms with E-state index >= 15 is 0 Å². The fourth-order valence-corrected chi connectivity index (χ4v) is 1.96. The summed E-state index contributed by atoms with van der Waals surface area (Å²) in [5, 5.41) is 15.0. The second kappa shape index (κ2) is 6.49. The number of carbonyl (C=O) groups is 1. The molecule has 1 amide bonds. The average molecular weight is 223 g/mol. The standard InChI is InChI=1S/C12H21N3O/c1-3-9(2)14-8-12(16)15-11-6-4-5-10(11)7-13/h9-11,14H,3-6,8H2,1-2H3,(H,15,16). The molecule has 0 heterocycles. The number of hydrogen-bond acceptors (Lipinski definition) is 3. The molecule has 4 nitrogen and oxygen atoms in total. The molecule has 0 bridgehead atoms. The predicted molar refractivity (Wildman–Crippen MR) is 62.6 cm³/mol. The monoisotopic (exact) mass is 223 g/mol. The minimum atomic E-state index is 0.00690. The van der Waals surface area contributed by atoms with Gasteiger partial charge in [-0.15, -0.1) is 0 Å². The molecular weight excluding hydrogens is 202 g/mol. The van der Waals surface area contributed by atoms with Gasteiger partial charge < -0.3 is 10.6 Å². The van der Waals surface area contributed by atoms with Gasteiger partial charge in [0.2, 0.25) is 5.91 Å². The van der Waals surface area contributed by atoms with Crippen molar-refractivity contribution in [1.82, 2.24) is 10.6 Å². The molecule has 0 aromatic carbocycles. The molecule has 3 atom stereocenters. The first-order chi connectivity index (χ1) is 7.67. The van der Waals surface area contributed by atoms with E-state index in [9.17, 15) is 4.79 Å². The highest BCUT2D eigenvalue weighted by atomic mass is 16.2. The number of nitriles is 1. The Morgan fingerprint density at radius 1 is 1.56 bits per heavy atom. The van der Waals surface area contributed by atoms with Crippen LogP contribution in [0, 0.1) is 17.2 Å². The van der Waals surface area contributed by atoms with Crippen LogP contribution in [-0.4, -0.2) is 24.5 Å². The van der Waals surface area contributed by atoms with E-state index in [1.54, 1.807) is 0 Å². The first kappa shape index (κ1) is 13.0. The average Bonchev–Trinajstić information content (AvgIpc) is 2.73. The van der Waals surface area contributed by atoms with Gasteiger partial charge in [-0.05, 0) is 32.6 Å². The van der Waals surface area contributed by atoms with Gasteiger partial charge in [0, 0.05) is 12.1 Å². The van der Waals surface area contributed by atoms with Crippen molar-refractivity contribution in [3.8, 4) is 6.07 Å². The lowest BCUT2D eigenvalue weighted by Crippen LogP contribution is -2.43. The highest BCUT2D eigenvalue weighted by Crippen LogP contribution is 2.24. The molecule has 4 heteroatoms. The zero-order valence-electron chi connectivity index (χ0n) is 10.1. The van der Waals surface area contributed by atoms with Crippen LogP contribution in [0.1, 0.15) is 39.5 Å². The number of carbonyl (C=O) groups excluding carboxylic acids is 1. The van der Waals surface area contributed by atoms with E-state index in [4.69, 9.17) is 5.26 Å². The molecule has 0 saturated heterocycles. The summed E-state index contributed by atoms with van der Waals surface area (Å²) in [7, 11) is 0. The Balaban J connectivity index is 2.26. The zero-order valence-corrected chi connectivity index (χ0v) is 10.1. The molecule has 1 aliphatic carbocycles. The summed E-state index contributed by atoms with van der Waals surface area (Å²) in [5.41, 5.74) is 0. The number of amides is 1. The lowest BCUT2D eigenvalue weighted by molar-refractivity contribution is -0.121. The summed E-state index contributed by atoms with van der Waals surface area (Å²) in [6.07, 6.45) is 3.91. The van der Waals surface area contributed by atoms with Crippen LogP contribution in [0.3, 0.4) is 0 Å². The molecule has 3 unspecified atom stereocenters. The minimum Gasteiger partial charge on any atom is -0.351 e. The molecule has 0 aromatic rings. The van der Waals surface area contributed by atoms with Crippen molar-refractivity contribution in [2.45, 2.75) is 51.6 Å². The van der Waals surface area contributed by atoms with Crippen molar-refractivity contribution in [2.75, 3.05) is 6.54 Å². The maximum Gasteiger partial charge on any atom is 0.234 e. The highest BCUT2D eigenvalue weighted by Gasteiger charge is 2.28. The molecule has 1 aliphatic rings. The van der Waals surface area contributed by atoms with Gasteiger partial charge >= 0.3 is 0 Å². The van der Waals surface area contributed by atoms with Crippen molar-refractivity contribution in [3.63, 3.8) is 0 Å².